The van der Waals surface area contributed by atoms with Gasteiger partial charge in [0, 0.05) is 6.26 Å². The van der Waals surface area contributed by atoms with Gasteiger partial charge in [0.15, 0.2) is 9.84 Å². The average molecular weight is 504 g/mol. The summed E-state index contributed by atoms with van der Waals surface area (Å²) in [5.74, 6) is -1.17. The Hall–Kier alpha value is -2.74. The van der Waals surface area contributed by atoms with Crippen LogP contribution in [0.15, 0.2) is 41.3 Å². The van der Waals surface area contributed by atoms with Crippen molar-refractivity contribution < 1.29 is 30.6 Å². The topological polar surface area (TPSA) is 154 Å². The number of imide groups is 1. The molecular weight excluding hydrogens is 490 g/mol. The van der Waals surface area contributed by atoms with Crippen LogP contribution in [0.5, 0.6) is 5.75 Å². The lowest BCUT2D eigenvalue weighted by Crippen LogP contribution is -2.41. The van der Waals surface area contributed by atoms with Crippen molar-refractivity contribution in [2.45, 2.75) is 4.90 Å². The third-order valence-electron chi connectivity index (χ3n) is 3.81. The van der Waals surface area contributed by atoms with Crippen LogP contribution in [0.25, 0.3) is 10.2 Å². The maximum Gasteiger partial charge on any atom is 0.328 e. The van der Waals surface area contributed by atoms with Crippen LogP contribution in [-0.4, -0.2) is 46.3 Å². The number of fused-ring (bicyclic) bond motifs is 1. The monoisotopic (exact) mass is 503 g/mol. The van der Waals surface area contributed by atoms with Crippen LogP contribution in [0.1, 0.15) is 10.4 Å². The summed E-state index contributed by atoms with van der Waals surface area (Å²) in [5.41, 5.74) is 5.47. The van der Waals surface area contributed by atoms with Crippen LogP contribution in [0.2, 0.25) is 5.02 Å². The van der Waals surface area contributed by atoms with Crippen molar-refractivity contribution in [3.8, 4) is 5.75 Å². The Morgan fingerprint density at radius 1 is 1.10 bits per heavy atom. The second-order valence-corrected chi connectivity index (χ2v) is 11.3. The molecule has 14 heteroatoms. The highest BCUT2D eigenvalue weighted by Gasteiger charge is 2.28. The first kappa shape index (κ1) is 22.9. The number of nitrogens with zero attached hydrogens (tertiary/aromatic N) is 2. The van der Waals surface area contributed by atoms with E-state index in [-0.39, 0.29) is 26.4 Å². The Bertz CT molecular complexity index is 1430. The lowest BCUT2D eigenvalue weighted by Gasteiger charge is -2.16. The average Bonchev–Trinajstić information content (AvgIpc) is 3.03. The molecule has 0 unspecified atom stereocenters. The minimum atomic E-state index is -3.87. The number of benzene rings is 2. The Labute approximate surface area is 186 Å². The van der Waals surface area contributed by atoms with Gasteiger partial charge < -0.3 is 9.92 Å². The molecule has 164 valence electrons. The summed E-state index contributed by atoms with van der Waals surface area (Å²) >= 11 is 6.93. The number of rotatable bonds is 5. The van der Waals surface area contributed by atoms with E-state index in [2.05, 4.69) is 4.98 Å². The maximum atomic E-state index is 13.0. The summed E-state index contributed by atoms with van der Waals surface area (Å²) < 4.78 is 51.4. The van der Waals surface area contributed by atoms with E-state index < -0.39 is 31.9 Å². The molecule has 0 saturated heterocycles. The second-order valence-electron chi connectivity index (χ2n) is 6.31. The molecule has 2 aromatic carbocycles. The molecule has 0 aliphatic carbocycles. The standard InChI is InChI=1S/C17H14ClN3O7S3/c1-30(24,25)10-4-6-13-14(8-10)29-17(20-13)21(16(19)23)15(22)11-7-9(3-5-12(11)18)28-31(2,26)27/h3-8H,1-2H3,(H2,19,23). The molecule has 3 aromatic rings. The second kappa shape index (κ2) is 8.07. The van der Waals surface area contributed by atoms with Crippen molar-refractivity contribution in [2.24, 2.45) is 5.73 Å². The largest absolute Gasteiger partial charge is 0.383 e. The molecular formula is C17H14ClN3O7S3. The van der Waals surface area contributed by atoms with Crippen LogP contribution in [0.4, 0.5) is 9.93 Å². The number of hydrogen-bond donors (Lipinski definition) is 1. The van der Waals surface area contributed by atoms with Gasteiger partial charge in [0.2, 0.25) is 5.13 Å². The van der Waals surface area contributed by atoms with Crippen molar-refractivity contribution in [2.75, 3.05) is 17.4 Å². The lowest BCUT2D eigenvalue weighted by atomic mass is 10.2. The fourth-order valence-electron chi connectivity index (χ4n) is 2.52. The van der Waals surface area contributed by atoms with Crippen molar-refractivity contribution >= 4 is 70.2 Å². The van der Waals surface area contributed by atoms with Gasteiger partial charge in [-0.3, -0.25) is 4.79 Å². The molecule has 0 aliphatic rings. The highest BCUT2D eigenvalue weighted by Crippen LogP contribution is 2.33. The van der Waals surface area contributed by atoms with Gasteiger partial charge in [-0.15, -0.1) is 0 Å². The molecule has 3 amide bonds. The zero-order valence-electron chi connectivity index (χ0n) is 15.9. The number of urea groups is 1. The highest BCUT2D eigenvalue weighted by molar-refractivity contribution is 7.90. The highest BCUT2D eigenvalue weighted by atomic mass is 35.5. The molecule has 31 heavy (non-hydrogen) atoms. The number of halogens is 1. The van der Waals surface area contributed by atoms with Crippen molar-refractivity contribution in [1.29, 1.82) is 0 Å². The first-order valence-corrected chi connectivity index (χ1v) is 13.1. The van der Waals surface area contributed by atoms with Gasteiger partial charge in [-0.1, -0.05) is 22.9 Å². The minimum absolute atomic E-state index is 0.0424. The molecule has 0 radical (unpaired) electrons. The molecule has 1 aromatic heterocycles. The third-order valence-corrected chi connectivity index (χ3v) is 6.75. The number of anilines is 1. The van der Waals surface area contributed by atoms with E-state index in [1.54, 1.807) is 0 Å². The number of primary amides is 1. The number of sulfone groups is 1. The lowest BCUT2D eigenvalue weighted by molar-refractivity contribution is 0.0995. The number of thiazole rings is 1. The van der Waals surface area contributed by atoms with Crippen LogP contribution in [0, 0.1) is 0 Å². The van der Waals surface area contributed by atoms with E-state index in [4.69, 9.17) is 21.5 Å². The van der Waals surface area contributed by atoms with Crippen LogP contribution < -0.4 is 14.8 Å². The molecule has 1 heterocycles. The Morgan fingerprint density at radius 2 is 1.77 bits per heavy atom. The molecule has 0 saturated carbocycles. The summed E-state index contributed by atoms with van der Waals surface area (Å²) in [5, 5.41) is -0.207. The minimum Gasteiger partial charge on any atom is -0.383 e. The van der Waals surface area contributed by atoms with Crippen LogP contribution >= 0.6 is 22.9 Å². The first-order valence-electron chi connectivity index (χ1n) is 8.20. The third kappa shape index (κ3) is 5.12. The fourth-order valence-corrected chi connectivity index (χ4v) is 4.90. The quantitative estimate of drug-likeness (QED) is 0.520. The molecule has 2 N–H and O–H groups in total. The van der Waals surface area contributed by atoms with E-state index in [0.29, 0.717) is 15.1 Å². The molecule has 10 nitrogen and oxygen atoms in total. The zero-order chi connectivity index (χ0) is 23.1. The number of amides is 3. The molecule has 3 rings (SSSR count). The Kier molecular flexibility index (Phi) is 5.97. The van der Waals surface area contributed by atoms with Gasteiger partial charge >= 0.3 is 16.1 Å². The van der Waals surface area contributed by atoms with Crippen molar-refractivity contribution in [1.82, 2.24) is 4.98 Å². The fraction of sp³-hybridized carbons (Fsp3) is 0.118. The van der Waals surface area contributed by atoms with Crippen molar-refractivity contribution in [3.63, 3.8) is 0 Å². The smallest absolute Gasteiger partial charge is 0.328 e. The van der Waals surface area contributed by atoms with Gasteiger partial charge in [0.1, 0.15) is 5.75 Å². The molecule has 0 atom stereocenters. The van der Waals surface area contributed by atoms with E-state index >= 15 is 0 Å². The summed E-state index contributed by atoms with van der Waals surface area (Å²) in [7, 11) is -7.35. The van der Waals surface area contributed by atoms with Gasteiger partial charge in [-0.25, -0.2) is 23.1 Å². The molecule has 0 fully saturated rings. The van der Waals surface area contributed by atoms with E-state index in [1.165, 1.54) is 30.3 Å². The Morgan fingerprint density at radius 3 is 2.35 bits per heavy atom. The van der Waals surface area contributed by atoms with Gasteiger partial charge in [-0.2, -0.15) is 8.42 Å². The summed E-state index contributed by atoms with van der Waals surface area (Å²) in [6.45, 7) is 0. The zero-order valence-corrected chi connectivity index (χ0v) is 19.1. The SMILES string of the molecule is CS(=O)(=O)Oc1ccc(Cl)c(C(=O)N(C(N)=O)c2nc3ccc(S(C)(=O)=O)cc3s2)c1. The van der Waals surface area contributed by atoms with Gasteiger partial charge in [-0.05, 0) is 36.4 Å². The number of aromatic nitrogens is 1. The van der Waals surface area contributed by atoms with E-state index in [0.717, 1.165) is 29.9 Å². The predicted octanol–water partition coefficient (Wildman–Crippen LogP) is 2.42. The predicted molar refractivity (Wildman–Crippen MR) is 116 cm³/mol. The Balaban J connectivity index is 2.08. The number of hydrogen-bond acceptors (Lipinski definition) is 9. The molecule has 0 bridgehead atoms. The molecule has 0 spiro atoms. The number of carbonyl (C=O) groups is 2. The van der Waals surface area contributed by atoms with Crippen LogP contribution in [-0.2, 0) is 20.0 Å². The van der Waals surface area contributed by atoms with Gasteiger partial charge in [0.25, 0.3) is 5.91 Å². The summed E-state index contributed by atoms with van der Waals surface area (Å²) in [6.07, 6.45) is 1.87. The summed E-state index contributed by atoms with van der Waals surface area (Å²) in [6, 6.07) is 6.49. The van der Waals surface area contributed by atoms with E-state index in [1.807, 2.05) is 0 Å². The van der Waals surface area contributed by atoms with Crippen LogP contribution in [0.3, 0.4) is 0 Å². The normalized spacial score (nSPS) is 12.0. The number of carbonyl (C=O) groups excluding carboxylic acids is 2. The van der Waals surface area contributed by atoms with Gasteiger partial charge in [0.05, 0.1) is 32.0 Å². The summed E-state index contributed by atoms with van der Waals surface area (Å²) in [4.78, 5) is 29.9. The van der Waals surface area contributed by atoms with E-state index in [9.17, 15) is 26.4 Å². The first-order chi connectivity index (χ1) is 14.3. The maximum absolute atomic E-state index is 13.0. The molecule has 0 aliphatic heterocycles. The number of nitrogens with two attached hydrogens (primary N) is 1. The van der Waals surface area contributed by atoms with Crippen molar-refractivity contribution in [3.05, 3.63) is 47.0 Å².